The number of aryl methyl sites for hydroxylation is 1. The van der Waals surface area contributed by atoms with Crippen molar-refractivity contribution in [3.8, 4) is 11.3 Å². The van der Waals surface area contributed by atoms with Crippen LogP contribution in [0.1, 0.15) is 50.5 Å². The number of aliphatic hydroxyl groups is 1. The molecule has 1 aliphatic carbocycles. The number of piperidine rings is 1. The second-order valence-electron chi connectivity index (χ2n) is 10.2. The Kier molecular flexibility index (Phi) is 6.46. The van der Waals surface area contributed by atoms with Gasteiger partial charge in [-0.3, -0.25) is 18.8 Å². The van der Waals surface area contributed by atoms with E-state index < -0.39 is 5.60 Å². The predicted molar refractivity (Wildman–Crippen MR) is 133 cm³/mol. The Morgan fingerprint density at radius 1 is 1.17 bits per heavy atom. The summed E-state index contributed by atoms with van der Waals surface area (Å²) >= 11 is 0. The van der Waals surface area contributed by atoms with Crippen LogP contribution >= 0.6 is 0 Å². The lowest BCUT2D eigenvalue weighted by atomic mass is 9.82. The van der Waals surface area contributed by atoms with Gasteiger partial charge in [0.1, 0.15) is 5.52 Å². The predicted octanol–water partition coefficient (Wildman–Crippen LogP) is 2.19. The van der Waals surface area contributed by atoms with Crippen LogP contribution in [0.2, 0.25) is 0 Å². The van der Waals surface area contributed by atoms with E-state index in [2.05, 4.69) is 10.1 Å². The van der Waals surface area contributed by atoms with Gasteiger partial charge in [0, 0.05) is 38.7 Å². The van der Waals surface area contributed by atoms with Crippen molar-refractivity contribution in [3.63, 3.8) is 0 Å². The van der Waals surface area contributed by atoms with E-state index in [1.807, 2.05) is 29.2 Å². The van der Waals surface area contributed by atoms with Gasteiger partial charge in [-0.05, 0) is 30.7 Å². The number of carbonyl (C=O) groups excluding carboxylic acids is 1. The minimum absolute atomic E-state index is 0.135. The standard InChI is InChI=1S/C26H34N6O3/c1-30-24(20-8-5-19(15-27)6-9-20)22-23(29-30)25(34)32(17-28-22)16-26(35)11-13-31(14-12-26)21(33)10-7-18-3-2-4-18/h5-6,8-9,17-18,35H,2-4,7,10-16,27H2,1H3. The van der Waals surface area contributed by atoms with Crippen molar-refractivity contribution in [3.05, 3.63) is 46.5 Å². The fourth-order valence-electron chi connectivity index (χ4n) is 5.24. The molecule has 186 valence electrons. The summed E-state index contributed by atoms with van der Waals surface area (Å²) in [5.41, 5.74) is 7.88. The lowest BCUT2D eigenvalue weighted by Crippen LogP contribution is -2.49. The number of hydrogen-bond donors (Lipinski definition) is 2. The van der Waals surface area contributed by atoms with Crippen LogP contribution in [0.15, 0.2) is 35.4 Å². The maximum atomic E-state index is 13.3. The summed E-state index contributed by atoms with van der Waals surface area (Å²) in [5, 5.41) is 15.7. The number of aromatic nitrogens is 4. The Morgan fingerprint density at radius 2 is 1.89 bits per heavy atom. The number of benzene rings is 1. The first-order valence-corrected chi connectivity index (χ1v) is 12.6. The first-order chi connectivity index (χ1) is 16.9. The summed E-state index contributed by atoms with van der Waals surface area (Å²) in [5.74, 6) is 0.895. The minimum Gasteiger partial charge on any atom is -0.388 e. The van der Waals surface area contributed by atoms with Gasteiger partial charge in [0.15, 0.2) is 5.52 Å². The zero-order valence-corrected chi connectivity index (χ0v) is 20.3. The van der Waals surface area contributed by atoms with Gasteiger partial charge < -0.3 is 15.7 Å². The van der Waals surface area contributed by atoms with E-state index in [1.54, 1.807) is 11.7 Å². The third-order valence-corrected chi connectivity index (χ3v) is 7.78. The highest BCUT2D eigenvalue weighted by atomic mass is 16.3. The van der Waals surface area contributed by atoms with Crippen LogP contribution < -0.4 is 11.3 Å². The lowest BCUT2D eigenvalue weighted by molar-refractivity contribution is -0.136. The molecule has 1 aliphatic heterocycles. The molecule has 2 aliphatic rings. The average Bonchev–Trinajstić information content (AvgIpc) is 3.17. The summed E-state index contributed by atoms with van der Waals surface area (Å²) in [7, 11) is 1.79. The molecule has 1 saturated carbocycles. The zero-order chi connectivity index (χ0) is 24.6. The Hall–Kier alpha value is -3.04. The van der Waals surface area contributed by atoms with Crippen LogP contribution in [0, 0.1) is 5.92 Å². The van der Waals surface area contributed by atoms with E-state index in [1.165, 1.54) is 30.2 Å². The molecular formula is C26H34N6O3. The van der Waals surface area contributed by atoms with E-state index in [4.69, 9.17) is 5.73 Å². The second-order valence-corrected chi connectivity index (χ2v) is 10.2. The van der Waals surface area contributed by atoms with Crippen molar-refractivity contribution in [1.82, 2.24) is 24.2 Å². The molecule has 1 aromatic carbocycles. The van der Waals surface area contributed by atoms with Gasteiger partial charge in [0.2, 0.25) is 5.91 Å². The van der Waals surface area contributed by atoms with Crippen molar-refractivity contribution in [1.29, 1.82) is 0 Å². The van der Waals surface area contributed by atoms with Gasteiger partial charge >= 0.3 is 0 Å². The SMILES string of the molecule is Cn1nc2c(=O)n(CC3(O)CCN(C(=O)CCC4CCC4)CC3)cnc2c1-c1ccc(CN)cc1. The number of likely N-dealkylation sites (tertiary alicyclic amines) is 1. The molecule has 2 fully saturated rings. The van der Waals surface area contributed by atoms with Crippen molar-refractivity contribution in [2.75, 3.05) is 13.1 Å². The Labute approximate surface area is 204 Å². The molecule has 1 amide bonds. The molecule has 0 unspecified atom stereocenters. The van der Waals surface area contributed by atoms with E-state index in [0.717, 1.165) is 23.2 Å². The van der Waals surface area contributed by atoms with Gasteiger partial charge in [-0.1, -0.05) is 43.5 Å². The smallest absolute Gasteiger partial charge is 0.281 e. The minimum atomic E-state index is -1.06. The molecule has 35 heavy (non-hydrogen) atoms. The molecule has 0 spiro atoms. The second kappa shape index (κ2) is 9.54. The third-order valence-electron chi connectivity index (χ3n) is 7.78. The summed E-state index contributed by atoms with van der Waals surface area (Å²) < 4.78 is 3.12. The highest BCUT2D eigenvalue weighted by Crippen LogP contribution is 2.31. The lowest BCUT2D eigenvalue weighted by Gasteiger charge is -2.38. The van der Waals surface area contributed by atoms with E-state index >= 15 is 0 Å². The molecule has 1 saturated heterocycles. The van der Waals surface area contributed by atoms with Gasteiger partial charge in [0.05, 0.1) is 24.2 Å². The Balaban J connectivity index is 1.29. The third kappa shape index (κ3) is 4.75. The van der Waals surface area contributed by atoms with E-state index in [0.29, 0.717) is 50.3 Å². The number of rotatable bonds is 7. The van der Waals surface area contributed by atoms with Crippen LogP contribution in [0.3, 0.4) is 0 Å². The van der Waals surface area contributed by atoms with Gasteiger partial charge in [-0.15, -0.1) is 0 Å². The average molecular weight is 479 g/mol. The molecule has 0 radical (unpaired) electrons. The number of hydrogen-bond acceptors (Lipinski definition) is 6. The number of carbonyl (C=O) groups is 1. The van der Waals surface area contributed by atoms with E-state index in [-0.39, 0.29) is 23.5 Å². The molecule has 2 aromatic heterocycles. The maximum Gasteiger partial charge on any atom is 0.281 e. The summed E-state index contributed by atoms with van der Waals surface area (Å²) in [4.78, 5) is 32.2. The molecule has 9 nitrogen and oxygen atoms in total. The topological polar surface area (TPSA) is 119 Å². The van der Waals surface area contributed by atoms with E-state index in [9.17, 15) is 14.7 Å². The summed E-state index contributed by atoms with van der Waals surface area (Å²) in [6.07, 6.45) is 7.73. The largest absolute Gasteiger partial charge is 0.388 e. The van der Waals surface area contributed by atoms with Crippen LogP contribution in [-0.2, 0) is 24.9 Å². The maximum absolute atomic E-state index is 13.3. The van der Waals surface area contributed by atoms with Crippen LogP contribution in [-0.4, -0.2) is 53.9 Å². The highest BCUT2D eigenvalue weighted by Gasteiger charge is 2.35. The molecule has 5 rings (SSSR count). The fraction of sp³-hybridized carbons (Fsp3) is 0.538. The first kappa shape index (κ1) is 23.7. The van der Waals surface area contributed by atoms with Gasteiger partial charge in [-0.2, -0.15) is 5.10 Å². The van der Waals surface area contributed by atoms with Crippen molar-refractivity contribution in [2.24, 2.45) is 18.7 Å². The Bertz CT molecular complexity index is 1270. The van der Waals surface area contributed by atoms with Crippen molar-refractivity contribution in [2.45, 2.75) is 63.6 Å². The molecule has 0 atom stereocenters. The van der Waals surface area contributed by atoms with Crippen molar-refractivity contribution < 1.29 is 9.90 Å². The number of nitrogens with zero attached hydrogens (tertiary/aromatic N) is 5. The normalized spacial score (nSPS) is 18.1. The number of fused-ring (bicyclic) bond motifs is 1. The quantitative estimate of drug-likeness (QED) is 0.537. The highest BCUT2D eigenvalue weighted by molar-refractivity contribution is 5.89. The monoisotopic (exact) mass is 478 g/mol. The van der Waals surface area contributed by atoms with Crippen LogP contribution in [0.4, 0.5) is 0 Å². The zero-order valence-electron chi connectivity index (χ0n) is 20.3. The van der Waals surface area contributed by atoms with Crippen LogP contribution in [0.25, 0.3) is 22.3 Å². The van der Waals surface area contributed by atoms with Crippen molar-refractivity contribution >= 4 is 16.9 Å². The fourth-order valence-corrected chi connectivity index (χ4v) is 5.24. The molecule has 3 heterocycles. The number of amides is 1. The summed E-state index contributed by atoms with van der Waals surface area (Å²) in [6.45, 7) is 1.62. The van der Waals surface area contributed by atoms with Crippen LogP contribution in [0.5, 0.6) is 0 Å². The molecule has 3 N–H and O–H groups in total. The molecule has 0 bridgehead atoms. The summed E-state index contributed by atoms with van der Waals surface area (Å²) in [6, 6.07) is 7.82. The Morgan fingerprint density at radius 3 is 2.51 bits per heavy atom. The molecule has 3 aromatic rings. The first-order valence-electron chi connectivity index (χ1n) is 12.6. The number of nitrogens with two attached hydrogens (primary N) is 1. The van der Waals surface area contributed by atoms with Gasteiger partial charge in [-0.25, -0.2) is 4.98 Å². The molecule has 9 heteroatoms. The van der Waals surface area contributed by atoms with Gasteiger partial charge in [0.25, 0.3) is 5.56 Å². The molecular weight excluding hydrogens is 444 g/mol.